The van der Waals surface area contributed by atoms with Crippen LogP contribution in [0.5, 0.6) is 0 Å². The van der Waals surface area contributed by atoms with E-state index in [0.717, 1.165) is 11.1 Å². The fourth-order valence-electron chi connectivity index (χ4n) is 1.94. The molecule has 4 nitrogen and oxygen atoms in total. The third-order valence-corrected chi connectivity index (χ3v) is 2.78. The van der Waals surface area contributed by atoms with Gasteiger partial charge in [0.25, 0.3) is 0 Å². The van der Waals surface area contributed by atoms with E-state index in [1.807, 2.05) is 6.07 Å². The van der Waals surface area contributed by atoms with E-state index in [9.17, 15) is 4.79 Å². The van der Waals surface area contributed by atoms with E-state index in [1.54, 1.807) is 42.0 Å². The zero-order valence-electron chi connectivity index (χ0n) is 9.92. The molecule has 90 valence electrons. The summed E-state index contributed by atoms with van der Waals surface area (Å²) in [6, 6.07) is 11.0. The number of aromatic nitrogens is 1. The van der Waals surface area contributed by atoms with Crippen LogP contribution in [0.25, 0.3) is 0 Å². The summed E-state index contributed by atoms with van der Waals surface area (Å²) in [5.74, 6) is -0.936. The molecule has 0 spiro atoms. The highest BCUT2D eigenvalue weighted by atomic mass is 16.4. The third kappa shape index (κ3) is 2.25. The lowest BCUT2D eigenvalue weighted by Gasteiger charge is -2.07. The fraction of sp³-hybridized carbons (Fsp3) is 0.143. The van der Waals surface area contributed by atoms with E-state index >= 15 is 0 Å². The Bertz CT molecular complexity index is 635. The molecule has 1 N–H and O–H groups in total. The number of hydrogen-bond donors (Lipinski definition) is 1. The fourth-order valence-corrected chi connectivity index (χ4v) is 1.94. The maximum atomic E-state index is 11.1. The van der Waals surface area contributed by atoms with Crippen LogP contribution in [-0.4, -0.2) is 15.6 Å². The Hall–Kier alpha value is -2.54. The molecule has 0 aliphatic carbocycles. The summed E-state index contributed by atoms with van der Waals surface area (Å²) in [6.45, 7) is 2.22. The number of carbonyl (C=O) groups is 1. The van der Waals surface area contributed by atoms with Crippen molar-refractivity contribution >= 4 is 5.97 Å². The molecule has 0 aliphatic heterocycles. The van der Waals surface area contributed by atoms with Gasteiger partial charge < -0.3 is 9.67 Å². The summed E-state index contributed by atoms with van der Waals surface area (Å²) in [4.78, 5) is 11.1. The predicted octanol–water partition coefficient (Wildman–Crippen LogP) is 2.41. The number of nitrogens with zero attached hydrogens (tertiary/aromatic N) is 2. The molecule has 0 amide bonds. The molecule has 0 fully saturated rings. The summed E-state index contributed by atoms with van der Waals surface area (Å²) < 4.78 is 1.67. The first kappa shape index (κ1) is 11.9. The summed E-state index contributed by atoms with van der Waals surface area (Å²) in [6.07, 6.45) is 1.75. The maximum absolute atomic E-state index is 11.1. The topological polar surface area (TPSA) is 66.0 Å². The molecule has 0 aliphatic rings. The largest absolute Gasteiger partial charge is 0.477 e. The van der Waals surface area contributed by atoms with Crippen LogP contribution in [0.15, 0.2) is 36.5 Å². The van der Waals surface area contributed by atoms with Gasteiger partial charge in [-0.15, -0.1) is 0 Å². The van der Waals surface area contributed by atoms with Crippen molar-refractivity contribution in [2.45, 2.75) is 13.5 Å². The minimum Gasteiger partial charge on any atom is -0.477 e. The number of aryl methyl sites for hydroxylation is 1. The summed E-state index contributed by atoms with van der Waals surface area (Å²) >= 11 is 0. The molecule has 1 aromatic carbocycles. The highest BCUT2D eigenvalue weighted by molar-refractivity contribution is 5.87. The lowest BCUT2D eigenvalue weighted by atomic mass is 10.1. The Morgan fingerprint density at radius 3 is 2.89 bits per heavy atom. The molecule has 0 bridgehead atoms. The zero-order valence-corrected chi connectivity index (χ0v) is 9.92. The van der Waals surface area contributed by atoms with Crippen molar-refractivity contribution in [1.82, 2.24) is 4.57 Å². The van der Waals surface area contributed by atoms with Gasteiger partial charge in [-0.25, -0.2) is 4.79 Å². The van der Waals surface area contributed by atoms with Crippen LogP contribution in [0.3, 0.4) is 0 Å². The number of carboxylic acid groups (broad SMARTS) is 1. The highest BCUT2D eigenvalue weighted by Crippen LogP contribution is 2.13. The lowest BCUT2D eigenvalue weighted by molar-refractivity contribution is 0.0685. The second-order valence-electron chi connectivity index (χ2n) is 4.09. The SMILES string of the molecule is Cc1ccn(Cc2cccc(C#N)c2)c1C(=O)O. The number of benzene rings is 1. The van der Waals surface area contributed by atoms with Gasteiger partial charge in [-0.05, 0) is 36.2 Å². The van der Waals surface area contributed by atoms with Gasteiger partial charge in [0.2, 0.25) is 0 Å². The average molecular weight is 240 g/mol. The molecular formula is C14H12N2O2. The molecule has 0 saturated heterocycles. The van der Waals surface area contributed by atoms with E-state index in [-0.39, 0.29) is 5.69 Å². The van der Waals surface area contributed by atoms with Crippen molar-refractivity contribution in [3.8, 4) is 6.07 Å². The number of carboxylic acids is 1. The molecule has 0 unspecified atom stereocenters. The molecule has 1 heterocycles. The van der Waals surface area contributed by atoms with Gasteiger partial charge in [-0.2, -0.15) is 5.26 Å². The van der Waals surface area contributed by atoms with Crippen LogP contribution in [-0.2, 0) is 6.54 Å². The molecule has 0 atom stereocenters. The number of nitriles is 1. The third-order valence-electron chi connectivity index (χ3n) is 2.78. The van der Waals surface area contributed by atoms with E-state index < -0.39 is 5.97 Å². The van der Waals surface area contributed by atoms with Gasteiger partial charge in [0.1, 0.15) is 5.69 Å². The van der Waals surface area contributed by atoms with E-state index in [2.05, 4.69) is 6.07 Å². The Balaban J connectivity index is 2.35. The van der Waals surface area contributed by atoms with E-state index in [1.165, 1.54) is 0 Å². The molecular weight excluding hydrogens is 228 g/mol. The molecule has 2 rings (SSSR count). The van der Waals surface area contributed by atoms with Gasteiger partial charge in [-0.3, -0.25) is 0 Å². The first-order valence-electron chi connectivity index (χ1n) is 5.50. The minimum absolute atomic E-state index is 0.289. The molecule has 0 radical (unpaired) electrons. The van der Waals surface area contributed by atoms with Crippen molar-refractivity contribution in [2.24, 2.45) is 0 Å². The van der Waals surface area contributed by atoms with Gasteiger partial charge in [0.05, 0.1) is 11.6 Å². The Morgan fingerprint density at radius 2 is 2.22 bits per heavy atom. The van der Waals surface area contributed by atoms with Crippen molar-refractivity contribution in [3.05, 3.63) is 58.9 Å². The monoisotopic (exact) mass is 240 g/mol. The molecule has 2 aromatic rings. The highest BCUT2D eigenvalue weighted by Gasteiger charge is 2.13. The van der Waals surface area contributed by atoms with Crippen LogP contribution in [0, 0.1) is 18.3 Å². The lowest BCUT2D eigenvalue weighted by Crippen LogP contribution is -2.10. The first-order chi connectivity index (χ1) is 8.61. The average Bonchev–Trinajstić information content (AvgIpc) is 2.70. The second kappa shape index (κ2) is 4.76. The quantitative estimate of drug-likeness (QED) is 0.895. The van der Waals surface area contributed by atoms with Crippen LogP contribution < -0.4 is 0 Å². The smallest absolute Gasteiger partial charge is 0.352 e. The van der Waals surface area contributed by atoms with Gasteiger partial charge in [0.15, 0.2) is 0 Å². The summed E-state index contributed by atoms with van der Waals surface area (Å²) in [5.41, 5.74) is 2.51. The van der Waals surface area contributed by atoms with Crippen LogP contribution >= 0.6 is 0 Å². The van der Waals surface area contributed by atoms with Crippen molar-refractivity contribution in [1.29, 1.82) is 5.26 Å². The Kier molecular flexibility index (Phi) is 3.16. The second-order valence-corrected chi connectivity index (χ2v) is 4.09. The predicted molar refractivity (Wildman–Crippen MR) is 66.4 cm³/mol. The maximum Gasteiger partial charge on any atom is 0.352 e. The van der Waals surface area contributed by atoms with E-state index in [4.69, 9.17) is 10.4 Å². The number of aromatic carboxylic acids is 1. The van der Waals surface area contributed by atoms with Gasteiger partial charge in [-0.1, -0.05) is 12.1 Å². The molecule has 4 heteroatoms. The van der Waals surface area contributed by atoms with E-state index in [0.29, 0.717) is 12.1 Å². The van der Waals surface area contributed by atoms with Crippen LogP contribution in [0.2, 0.25) is 0 Å². The Labute approximate surface area is 105 Å². The number of rotatable bonds is 3. The zero-order chi connectivity index (χ0) is 13.1. The standard InChI is InChI=1S/C14H12N2O2/c1-10-5-6-16(13(10)14(17)18)9-12-4-2-3-11(7-12)8-15/h2-7H,9H2,1H3,(H,17,18). The number of hydrogen-bond acceptors (Lipinski definition) is 2. The van der Waals surface area contributed by atoms with Crippen LogP contribution in [0.4, 0.5) is 0 Å². The van der Waals surface area contributed by atoms with Gasteiger partial charge in [0, 0.05) is 12.7 Å². The van der Waals surface area contributed by atoms with Crippen LogP contribution in [0.1, 0.15) is 27.2 Å². The van der Waals surface area contributed by atoms with Gasteiger partial charge >= 0.3 is 5.97 Å². The van der Waals surface area contributed by atoms with Crippen molar-refractivity contribution in [2.75, 3.05) is 0 Å². The summed E-state index contributed by atoms with van der Waals surface area (Å²) in [5, 5.41) is 18.0. The van der Waals surface area contributed by atoms with Crippen molar-refractivity contribution < 1.29 is 9.90 Å². The summed E-state index contributed by atoms with van der Waals surface area (Å²) in [7, 11) is 0. The Morgan fingerprint density at radius 1 is 1.44 bits per heavy atom. The molecule has 18 heavy (non-hydrogen) atoms. The first-order valence-corrected chi connectivity index (χ1v) is 5.50. The van der Waals surface area contributed by atoms with Crippen molar-refractivity contribution in [3.63, 3.8) is 0 Å². The molecule has 0 saturated carbocycles. The molecule has 1 aromatic heterocycles. The minimum atomic E-state index is -0.936. The normalized spacial score (nSPS) is 10.0.